The number of benzene rings is 1. The third-order valence-electron chi connectivity index (χ3n) is 3.44. The van der Waals surface area contributed by atoms with Crippen LogP contribution in [0.1, 0.15) is 36.8 Å². The van der Waals surface area contributed by atoms with E-state index in [1.807, 2.05) is 0 Å². The Morgan fingerprint density at radius 1 is 1.31 bits per heavy atom. The van der Waals surface area contributed by atoms with E-state index in [-0.39, 0.29) is 35.2 Å². The number of amides is 1. The molecular weight excluding hydrogens is 440 g/mol. The number of aldehydes is 1. The quantitative estimate of drug-likeness (QED) is 0.324. The zero-order chi connectivity index (χ0) is 24.1. The van der Waals surface area contributed by atoms with Gasteiger partial charge >= 0.3 is 6.09 Å². The van der Waals surface area contributed by atoms with Crippen LogP contribution in [0.4, 0.5) is 10.5 Å². The first-order valence-electron chi connectivity index (χ1n) is 9.55. The van der Waals surface area contributed by atoms with E-state index in [1.54, 1.807) is 39.1 Å². The summed E-state index contributed by atoms with van der Waals surface area (Å²) in [7, 11) is 1.50. The Balaban J connectivity index is 0.00000249. The van der Waals surface area contributed by atoms with Gasteiger partial charge in [0.05, 0.1) is 19.3 Å². The highest BCUT2D eigenvalue weighted by atomic mass is 35.5. The van der Waals surface area contributed by atoms with Gasteiger partial charge in [-0.3, -0.25) is 4.79 Å². The van der Waals surface area contributed by atoms with Crippen molar-refractivity contribution in [1.82, 2.24) is 20.3 Å². The van der Waals surface area contributed by atoms with E-state index < -0.39 is 11.7 Å². The van der Waals surface area contributed by atoms with E-state index in [0.717, 1.165) is 0 Å². The molecule has 0 saturated carbocycles. The molecule has 12 heteroatoms. The van der Waals surface area contributed by atoms with Crippen LogP contribution in [0.3, 0.4) is 0 Å². The number of carbonyl (C=O) groups is 2. The molecule has 1 aromatic carbocycles. The van der Waals surface area contributed by atoms with Crippen molar-refractivity contribution in [2.24, 2.45) is 10.9 Å². The molecule has 32 heavy (non-hydrogen) atoms. The minimum atomic E-state index is -0.571. The van der Waals surface area contributed by atoms with Gasteiger partial charge in [-0.1, -0.05) is 17.7 Å². The number of ether oxygens (including phenoxy) is 2. The fourth-order valence-corrected chi connectivity index (χ4v) is 2.40. The molecule has 11 nitrogen and oxygen atoms in total. The Kier molecular flexibility index (Phi) is 11.0. The lowest BCUT2D eigenvalue weighted by atomic mass is 10.2. The van der Waals surface area contributed by atoms with Gasteiger partial charge < -0.3 is 20.5 Å². The first kappa shape index (κ1) is 26.7. The van der Waals surface area contributed by atoms with Crippen LogP contribution in [0.2, 0.25) is 5.02 Å². The monoisotopic (exact) mass is 466 g/mol. The molecule has 0 unspecified atom stereocenters. The predicted octanol–water partition coefficient (Wildman–Crippen LogP) is 3.38. The molecule has 0 aliphatic heterocycles. The van der Waals surface area contributed by atoms with Gasteiger partial charge in [0.25, 0.3) is 0 Å². The number of nitrogens with zero attached hydrogens (tertiary/aromatic N) is 4. The average molecular weight is 467 g/mol. The fourth-order valence-electron chi connectivity index (χ4n) is 2.20. The number of nitrogens with one attached hydrogen (secondary N) is 1. The molecule has 0 saturated heterocycles. The number of aromatic nitrogens is 3. The highest BCUT2D eigenvalue weighted by Crippen LogP contribution is 2.35. The number of rotatable bonds is 9. The van der Waals surface area contributed by atoms with Crippen LogP contribution in [0.25, 0.3) is 0 Å². The Morgan fingerprint density at radius 3 is 2.66 bits per heavy atom. The summed E-state index contributed by atoms with van der Waals surface area (Å²) in [5, 5.41) is 13.8. The number of nitroso groups, excluding NO2 is 1. The van der Waals surface area contributed by atoms with Crippen molar-refractivity contribution in [2.75, 3.05) is 13.7 Å². The van der Waals surface area contributed by atoms with Crippen LogP contribution in [-0.2, 0) is 17.8 Å². The zero-order valence-electron chi connectivity index (χ0n) is 18.4. The summed E-state index contributed by atoms with van der Waals surface area (Å²) in [5.74, 6) is 0.188. The number of hydrogen-bond donors (Lipinski definition) is 2. The number of allylic oxidation sites excluding steroid dienone is 1. The molecule has 2 aromatic rings. The molecule has 0 radical (unpaired) electrons. The normalized spacial score (nSPS) is 10.8. The molecule has 0 aliphatic carbocycles. The lowest BCUT2D eigenvalue weighted by molar-refractivity contribution is 0.0522. The van der Waals surface area contributed by atoms with Gasteiger partial charge in [0.1, 0.15) is 40.6 Å². The molecule has 1 amide bonds. The lowest BCUT2D eigenvalue weighted by Gasteiger charge is -2.19. The van der Waals surface area contributed by atoms with Crippen molar-refractivity contribution in [3.63, 3.8) is 0 Å². The second-order valence-electron chi connectivity index (χ2n) is 7.09. The van der Waals surface area contributed by atoms with Crippen molar-refractivity contribution >= 4 is 29.7 Å². The van der Waals surface area contributed by atoms with Crippen molar-refractivity contribution in [1.29, 1.82) is 0 Å². The number of halogens is 1. The zero-order valence-corrected chi connectivity index (χ0v) is 19.1. The van der Waals surface area contributed by atoms with Crippen LogP contribution >= 0.6 is 11.6 Å². The molecule has 0 fully saturated rings. The summed E-state index contributed by atoms with van der Waals surface area (Å²) in [5.41, 5.74) is 4.69. The minimum absolute atomic E-state index is 0.0415. The third kappa shape index (κ3) is 9.23. The first-order chi connectivity index (χ1) is 15.2. The molecule has 0 spiro atoms. The SMILES string of the molecule is CC(C)(C)OC(=O)NCc1cnn(C/C=C/COc2cc(C=O)cc(N=O)c2Cl)n1.CN. The van der Waals surface area contributed by atoms with Gasteiger partial charge in [-0.05, 0) is 51.2 Å². The molecule has 1 heterocycles. The van der Waals surface area contributed by atoms with E-state index in [9.17, 15) is 14.5 Å². The van der Waals surface area contributed by atoms with Gasteiger partial charge in [-0.15, -0.1) is 4.91 Å². The highest BCUT2D eigenvalue weighted by Gasteiger charge is 2.16. The molecule has 174 valence electrons. The first-order valence-corrected chi connectivity index (χ1v) is 9.93. The van der Waals surface area contributed by atoms with E-state index in [4.69, 9.17) is 21.1 Å². The van der Waals surface area contributed by atoms with Crippen molar-refractivity contribution in [2.45, 2.75) is 39.5 Å². The van der Waals surface area contributed by atoms with E-state index in [2.05, 4.69) is 26.4 Å². The smallest absolute Gasteiger partial charge is 0.407 e. The van der Waals surface area contributed by atoms with E-state index in [0.29, 0.717) is 18.5 Å². The van der Waals surface area contributed by atoms with Crippen LogP contribution in [-0.4, -0.2) is 46.6 Å². The molecule has 0 aliphatic rings. The Labute approximate surface area is 190 Å². The maximum absolute atomic E-state index is 11.6. The number of hydrogen-bond acceptors (Lipinski definition) is 9. The van der Waals surface area contributed by atoms with Gasteiger partial charge in [0, 0.05) is 5.56 Å². The molecule has 0 bridgehead atoms. The largest absolute Gasteiger partial charge is 0.488 e. The van der Waals surface area contributed by atoms with Crippen LogP contribution in [0, 0.1) is 4.91 Å². The lowest BCUT2D eigenvalue weighted by Crippen LogP contribution is -2.32. The number of carbonyl (C=O) groups excluding carboxylic acids is 2. The van der Waals surface area contributed by atoms with E-state index >= 15 is 0 Å². The summed E-state index contributed by atoms with van der Waals surface area (Å²) < 4.78 is 10.6. The maximum Gasteiger partial charge on any atom is 0.407 e. The van der Waals surface area contributed by atoms with E-state index in [1.165, 1.54) is 24.0 Å². The summed E-state index contributed by atoms with van der Waals surface area (Å²) in [6.07, 6.45) is 5.06. The van der Waals surface area contributed by atoms with Crippen molar-refractivity contribution < 1.29 is 19.1 Å². The Morgan fingerprint density at radius 2 is 2.03 bits per heavy atom. The fraction of sp³-hybridized carbons (Fsp3) is 0.400. The van der Waals surface area contributed by atoms with Crippen molar-refractivity contribution in [3.05, 3.63) is 51.7 Å². The van der Waals surface area contributed by atoms with Gasteiger partial charge in [-0.2, -0.15) is 15.0 Å². The van der Waals surface area contributed by atoms with Crippen LogP contribution in [0.15, 0.2) is 35.7 Å². The Hall–Kier alpha value is -3.31. The van der Waals surface area contributed by atoms with Gasteiger partial charge in [0.15, 0.2) is 0 Å². The van der Waals surface area contributed by atoms with Gasteiger partial charge in [-0.25, -0.2) is 4.79 Å². The molecule has 2 rings (SSSR count). The van der Waals surface area contributed by atoms with Crippen LogP contribution < -0.4 is 15.8 Å². The van der Waals surface area contributed by atoms with Crippen molar-refractivity contribution in [3.8, 4) is 5.75 Å². The number of nitrogens with two attached hydrogens (primary N) is 1. The maximum atomic E-state index is 11.6. The Bertz CT molecular complexity index is 939. The van der Waals surface area contributed by atoms with Crippen LogP contribution in [0.5, 0.6) is 5.75 Å². The predicted molar refractivity (Wildman–Crippen MR) is 120 cm³/mol. The summed E-state index contributed by atoms with van der Waals surface area (Å²) in [6.45, 7) is 6.06. The molecule has 3 N–H and O–H groups in total. The second-order valence-corrected chi connectivity index (χ2v) is 7.47. The molecule has 1 aromatic heterocycles. The standard InChI is InChI=1S/C19H22ClN5O5.CH5N/c1-19(2,3)30-18(27)21-10-14-11-22-25(23-14)6-4-5-7-29-16-9-13(12-26)8-15(24-28)17(16)20;1-2/h4-5,8-9,11-12H,6-7,10H2,1-3H3,(H,21,27);2H2,1H3/b5-4+;. The second kappa shape index (κ2) is 13.2. The van der Waals surface area contributed by atoms with Gasteiger partial charge in [0.2, 0.25) is 0 Å². The molecular formula is C20H27ClN6O5. The summed E-state index contributed by atoms with van der Waals surface area (Å²) in [6, 6.07) is 2.71. The minimum Gasteiger partial charge on any atom is -0.488 e. The summed E-state index contributed by atoms with van der Waals surface area (Å²) in [4.78, 5) is 34.8. The topological polar surface area (TPSA) is 151 Å². The third-order valence-corrected chi connectivity index (χ3v) is 3.82. The average Bonchev–Trinajstić information content (AvgIpc) is 3.21. The highest BCUT2D eigenvalue weighted by molar-refractivity contribution is 6.34. The summed E-state index contributed by atoms with van der Waals surface area (Å²) >= 11 is 6.01. The molecule has 0 atom stereocenters. The number of alkyl carbamates (subject to hydrolysis) is 1.